The minimum absolute atomic E-state index is 0.00249. The average molecular weight is 491 g/mol. The largest absolute Gasteiger partial charge is 0.480 e. The molecule has 0 unspecified atom stereocenters. The molecule has 0 aliphatic carbocycles. The van der Waals surface area contributed by atoms with Gasteiger partial charge in [-0.15, -0.1) is 5.11 Å². The van der Waals surface area contributed by atoms with Gasteiger partial charge in [0, 0.05) is 18.8 Å². The second-order valence-electron chi connectivity index (χ2n) is 7.40. The van der Waals surface area contributed by atoms with E-state index in [1.165, 1.54) is 19.2 Å². The van der Waals surface area contributed by atoms with Gasteiger partial charge >= 0.3 is 6.18 Å². The summed E-state index contributed by atoms with van der Waals surface area (Å²) in [6.07, 6.45) is -3.41. The van der Waals surface area contributed by atoms with Crippen molar-refractivity contribution in [3.05, 3.63) is 59.7 Å². The van der Waals surface area contributed by atoms with E-state index in [1.54, 1.807) is 17.0 Å². The summed E-state index contributed by atoms with van der Waals surface area (Å²) in [7, 11) is 1.39. The molecule has 1 aliphatic heterocycles. The molecule has 0 radical (unpaired) electrons. The van der Waals surface area contributed by atoms with E-state index < -0.39 is 17.6 Å². The smallest absolute Gasteiger partial charge is 0.416 e. The van der Waals surface area contributed by atoms with E-state index >= 15 is 0 Å². The van der Waals surface area contributed by atoms with Gasteiger partial charge in [0.15, 0.2) is 11.6 Å². The van der Waals surface area contributed by atoms with E-state index in [4.69, 9.17) is 9.47 Å². The molecule has 0 bridgehead atoms. The van der Waals surface area contributed by atoms with E-state index in [0.717, 1.165) is 18.3 Å². The first-order valence-electron chi connectivity index (χ1n) is 10.5. The lowest BCUT2D eigenvalue weighted by atomic mass is 10.2. The lowest BCUT2D eigenvalue weighted by Gasteiger charge is -2.27. The maximum atomic E-state index is 14.1. The van der Waals surface area contributed by atoms with Crippen LogP contribution in [0.15, 0.2) is 52.8 Å². The molecule has 0 spiro atoms. The van der Waals surface area contributed by atoms with E-state index in [2.05, 4.69) is 30.5 Å². The first-order valence-corrected chi connectivity index (χ1v) is 10.5. The zero-order valence-corrected chi connectivity index (χ0v) is 18.6. The summed E-state index contributed by atoms with van der Waals surface area (Å²) in [6, 6.07) is 8.04. The maximum Gasteiger partial charge on any atom is 0.416 e. The van der Waals surface area contributed by atoms with Crippen LogP contribution in [0.3, 0.4) is 0 Å². The number of aromatic nitrogens is 3. The Bertz CT molecular complexity index is 1200. The summed E-state index contributed by atoms with van der Waals surface area (Å²) in [5, 5.41) is 10.9. The Morgan fingerprint density at radius 3 is 2.69 bits per heavy atom. The van der Waals surface area contributed by atoms with Gasteiger partial charge in [-0.3, -0.25) is 0 Å². The number of azo groups is 1. The van der Waals surface area contributed by atoms with Crippen molar-refractivity contribution in [3.63, 3.8) is 0 Å². The Kier molecular flexibility index (Phi) is 7.34. The number of hydrogen-bond acceptors (Lipinski definition) is 9. The van der Waals surface area contributed by atoms with Gasteiger partial charge in [0.1, 0.15) is 12.2 Å². The molecular weight excluding hydrogens is 470 g/mol. The summed E-state index contributed by atoms with van der Waals surface area (Å²) in [4.78, 5) is 14.0. The van der Waals surface area contributed by atoms with Crippen molar-refractivity contribution in [1.82, 2.24) is 15.0 Å². The van der Waals surface area contributed by atoms with Crippen molar-refractivity contribution in [2.45, 2.75) is 12.7 Å². The van der Waals surface area contributed by atoms with Crippen LogP contribution >= 0.6 is 0 Å². The number of morpholine rings is 1. The zero-order chi connectivity index (χ0) is 24.8. The third-order valence-electron chi connectivity index (χ3n) is 5.00. The van der Waals surface area contributed by atoms with E-state index in [-0.39, 0.29) is 29.9 Å². The van der Waals surface area contributed by atoms with Gasteiger partial charge < -0.3 is 19.7 Å². The Labute approximate surface area is 197 Å². The molecule has 1 fully saturated rings. The predicted octanol–water partition coefficient (Wildman–Crippen LogP) is 4.90. The van der Waals surface area contributed by atoms with Crippen LogP contribution < -0.4 is 15.0 Å². The summed E-state index contributed by atoms with van der Waals surface area (Å²) in [5.74, 6) is -0.242. The number of nitrogens with zero attached hydrogens (tertiary/aromatic N) is 6. The molecule has 1 aliphatic rings. The van der Waals surface area contributed by atoms with Gasteiger partial charge in [-0.2, -0.15) is 23.3 Å². The van der Waals surface area contributed by atoms with Crippen LogP contribution in [0.4, 0.5) is 40.7 Å². The van der Waals surface area contributed by atoms with Gasteiger partial charge in [0.05, 0.1) is 37.8 Å². The molecule has 1 N–H and O–H groups in total. The molecule has 3 aromatic rings. The number of hydrogen-bond donors (Lipinski definition) is 1. The highest BCUT2D eigenvalue weighted by Gasteiger charge is 2.30. The third kappa shape index (κ3) is 6.18. The standard InChI is InChI=1S/C22H21F4N7O2/c1-34-20-18(29-15-4-2-3-14(11-15)22(24,25)26)6-5-16(30-20)12-28-32-21-27-13-17(23)19(31-21)33-7-9-35-10-8-33/h2-6,11,13,29H,7-10,12H2,1H3. The molecule has 35 heavy (non-hydrogen) atoms. The van der Waals surface area contributed by atoms with Gasteiger partial charge in [0.2, 0.25) is 5.88 Å². The molecule has 1 saturated heterocycles. The summed E-state index contributed by atoms with van der Waals surface area (Å²) < 4.78 is 63.6. The number of benzene rings is 1. The maximum absolute atomic E-state index is 14.1. The number of methoxy groups -OCH3 is 1. The van der Waals surface area contributed by atoms with Crippen LogP contribution in [0.25, 0.3) is 0 Å². The average Bonchev–Trinajstić information content (AvgIpc) is 2.86. The van der Waals surface area contributed by atoms with Crippen LogP contribution in [0.5, 0.6) is 5.88 Å². The lowest BCUT2D eigenvalue weighted by Crippen LogP contribution is -2.37. The fourth-order valence-electron chi connectivity index (χ4n) is 3.31. The van der Waals surface area contributed by atoms with Crippen LogP contribution in [0.1, 0.15) is 11.3 Å². The van der Waals surface area contributed by atoms with Gasteiger partial charge in [-0.1, -0.05) is 6.07 Å². The molecule has 4 rings (SSSR count). The summed E-state index contributed by atoms with van der Waals surface area (Å²) >= 11 is 0. The van der Waals surface area contributed by atoms with Gasteiger partial charge in [-0.25, -0.2) is 14.4 Å². The second kappa shape index (κ2) is 10.6. The number of nitrogens with one attached hydrogen (secondary N) is 1. The highest BCUT2D eigenvalue weighted by molar-refractivity contribution is 5.65. The first-order chi connectivity index (χ1) is 16.8. The van der Waals surface area contributed by atoms with Crippen LogP contribution in [0, 0.1) is 5.82 Å². The van der Waals surface area contributed by atoms with Crippen molar-refractivity contribution >= 4 is 23.1 Å². The van der Waals surface area contributed by atoms with Crippen molar-refractivity contribution in [3.8, 4) is 5.88 Å². The quantitative estimate of drug-likeness (QED) is 0.371. The first kappa shape index (κ1) is 24.3. The highest BCUT2D eigenvalue weighted by atomic mass is 19.4. The lowest BCUT2D eigenvalue weighted by molar-refractivity contribution is -0.137. The zero-order valence-electron chi connectivity index (χ0n) is 18.6. The van der Waals surface area contributed by atoms with Gasteiger partial charge in [0.25, 0.3) is 5.95 Å². The topological polar surface area (TPSA) is 97.1 Å². The summed E-state index contributed by atoms with van der Waals surface area (Å²) in [6.45, 7) is 2.02. The van der Waals surface area contributed by atoms with E-state index in [9.17, 15) is 17.6 Å². The molecule has 0 amide bonds. The predicted molar refractivity (Wildman–Crippen MR) is 119 cm³/mol. The Hall–Kier alpha value is -3.87. The van der Waals surface area contributed by atoms with E-state index in [0.29, 0.717) is 37.7 Å². The number of halogens is 4. The normalized spacial score (nSPS) is 14.4. The van der Waals surface area contributed by atoms with Crippen molar-refractivity contribution < 1.29 is 27.0 Å². The summed E-state index contributed by atoms with van der Waals surface area (Å²) in [5.41, 5.74) is 0.323. The van der Waals surface area contributed by atoms with Crippen LogP contribution in [-0.2, 0) is 17.5 Å². The highest BCUT2D eigenvalue weighted by Crippen LogP contribution is 2.33. The second-order valence-corrected chi connectivity index (χ2v) is 7.40. The third-order valence-corrected chi connectivity index (χ3v) is 5.00. The SMILES string of the molecule is COc1nc(CN=Nc2ncc(F)c(N3CCOCC3)n2)ccc1Nc1cccc(C(F)(F)F)c1. The Morgan fingerprint density at radius 2 is 1.94 bits per heavy atom. The molecule has 2 aromatic heterocycles. The van der Waals surface area contributed by atoms with Crippen molar-refractivity contribution in [2.24, 2.45) is 10.2 Å². The molecule has 1 aromatic carbocycles. The molecule has 0 saturated carbocycles. The molecule has 13 heteroatoms. The van der Waals surface area contributed by atoms with Crippen LogP contribution in [0.2, 0.25) is 0 Å². The van der Waals surface area contributed by atoms with Crippen molar-refractivity contribution in [2.75, 3.05) is 43.6 Å². The molecule has 3 heterocycles. The number of alkyl halides is 3. The van der Waals surface area contributed by atoms with Crippen molar-refractivity contribution in [1.29, 1.82) is 0 Å². The fourth-order valence-corrected chi connectivity index (χ4v) is 3.31. The van der Waals surface area contributed by atoms with Gasteiger partial charge in [-0.05, 0) is 30.3 Å². The molecule has 9 nitrogen and oxygen atoms in total. The number of anilines is 3. The van der Waals surface area contributed by atoms with Crippen LogP contribution in [-0.4, -0.2) is 48.4 Å². The fraction of sp³-hybridized carbons (Fsp3) is 0.318. The van der Waals surface area contributed by atoms with E-state index in [1.807, 2.05) is 0 Å². The number of rotatable bonds is 7. The Morgan fingerprint density at radius 1 is 1.14 bits per heavy atom. The number of ether oxygens (including phenoxy) is 2. The number of pyridine rings is 1. The minimum atomic E-state index is -4.45. The molecular formula is C22H21F4N7O2. The molecule has 0 atom stereocenters. The Balaban J connectivity index is 1.44. The minimum Gasteiger partial charge on any atom is -0.480 e. The monoisotopic (exact) mass is 491 g/mol. The molecule has 184 valence electrons.